The molecule has 0 amide bonds. The number of aliphatic hydroxyl groups excluding tert-OH is 1. The molecule has 1 atom stereocenters. The summed E-state index contributed by atoms with van der Waals surface area (Å²) >= 11 is 0. The van der Waals surface area contributed by atoms with E-state index in [0.717, 1.165) is 37.5 Å². The molecule has 2 aromatic heterocycles. The van der Waals surface area contributed by atoms with Crippen LogP contribution in [0.1, 0.15) is 5.76 Å². The smallest absolute Gasteiger partial charge is 0.227 e. The molecule has 1 saturated heterocycles. The molecule has 1 fully saturated rings. The van der Waals surface area contributed by atoms with Gasteiger partial charge in [-0.15, -0.1) is 0 Å². The normalized spacial score (nSPS) is 15.5. The van der Waals surface area contributed by atoms with Crippen LogP contribution in [0.5, 0.6) is 5.75 Å². The summed E-state index contributed by atoms with van der Waals surface area (Å²) in [7, 11) is 0. The molecule has 3 aromatic carbocycles. The first-order valence-electron chi connectivity index (χ1n) is 13.1. The van der Waals surface area contributed by atoms with Crippen LogP contribution < -0.4 is 4.74 Å². The summed E-state index contributed by atoms with van der Waals surface area (Å²) in [4.78, 5) is 8.94. The van der Waals surface area contributed by atoms with E-state index in [1.54, 1.807) is 42.5 Å². The summed E-state index contributed by atoms with van der Waals surface area (Å²) in [5.41, 5.74) is 3.23. The molecule has 5 aromatic rings. The number of ether oxygens (including phenoxy) is 1. The van der Waals surface area contributed by atoms with Crippen molar-refractivity contribution in [1.29, 1.82) is 0 Å². The summed E-state index contributed by atoms with van der Waals surface area (Å²) in [6, 6.07) is 19.4. The van der Waals surface area contributed by atoms with E-state index in [4.69, 9.17) is 13.7 Å². The summed E-state index contributed by atoms with van der Waals surface area (Å²) in [6.07, 6.45) is -0.657. The molecule has 1 aliphatic rings. The van der Waals surface area contributed by atoms with Gasteiger partial charge in [-0.3, -0.25) is 9.80 Å². The van der Waals surface area contributed by atoms with Crippen LogP contribution in [0.2, 0.25) is 0 Å². The van der Waals surface area contributed by atoms with Crippen LogP contribution in [0.3, 0.4) is 0 Å². The summed E-state index contributed by atoms with van der Waals surface area (Å²) in [5, 5.41) is 14.7. The third-order valence-electron chi connectivity index (χ3n) is 6.89. The van der Waals surface area contributed by atoms with Crippen LogP contribution >= 0.6 is 0 Å². The van der Waals surface area contributed by atoms with Crippen LogP contribution in [0, 0.1) is 11.6 Å². The van der Waals surface area contributed by atoms with Crippen molar-refractivity contribution >= 4 is 11.1 Å². The maximum Gasteiger partial charge on any atom is 0.227 e. The van der Waals surface area contributed by atoms with Crippen LogP contribution in [0.4, 0.5) is 8.78 Å². The number of fused-ring (bicyclic) bond motifs is 1. The molecule has 3 heterocycles. The predicted molar refractivity (Wildman–Crippen MR) is 145 cm³/mol. The zero-order valence-corrected chi connectivity index (χ0v) is 21.7. The molecule has 0 saturated carbocycles. The SMILES string of the molecule is O[C@H](COc1ccc2oc(-c3cccc(F)c3)nc2c1)CN1CCN(Cc2cc(-c3ccc(F)cc3)no2)CC1. The van der Waals surface area contributed by atoms with Crippen molar-refractivity contribution < 1.29 is 27.6 Å². The number of aliphatic hydroxyl groups is 1. The Balaban J connectivity index is 0.960. The lowest BCUT2D eigenvalue weighted by atomic mass is 10.1. The lowest BCUT2D eigenvalue weighted by molar-refractivity contribution is 0.0430. The van der Waals surface area contributed by atoms with Gasteiger partial charge in [0.05, 0.1) is 6.54 Å². The van der Waals surface area contributed by atoms with Crippen molar-refractivity contribution in [2.45, 2.75) is 12.6 Å². The lowest BCUT2D eigenvalue weighted by Gasteiger charge is -2.35. The van der Waals surface area contributed by atoms with Crippen LogP contribution in [-0.4, -0.2) is 70.5 Å². The van der Waals surface area contributed by atoms with Crippen LogP contribution in [0.25, 0.3) is 33.8 Å². The van der Waals surface area contributed by atoms with Gasteiger partial charge in [0.25, 0.3) is 0 Å². The van der Waals surface area contributed by atoms with E-state index < -0.39 is 6.10 Å². The third kappa shape index (κ3) is 6.20. The Morgan fingerprint density at radius 1 is 0.875 bits per heavy atom. The monoisotopic (exact) mass is 546 g/mol. The predicted octanol–water partition coefficient (Wildman–Crippen LogP) is 4.99. The van der Waals surface area contributed by atoms with Gasteiger partial charge in [-0.1, -0.05) is 11.2 Å². The standard InChI is InChI=1S/C30H28F2N4O4/c31-22-6-4-20(5-7-22)27-16-26(40-34-27)18-36-12-10-35(11-13-36)17-24(37)19-38-25-8-9-29-28(15-25)33-30(39-29)21-2-1-3-23(32)14-21/h1-9,14-16,24,37H,10-13,17-19H2/t24-/m0/s1. The molecule has 0 aliphatic carbocycles. The number of hydrogen-bond acceptors (Lipinski definition) is 8. The second-order valence-corrected chi connectivity index (χ2v) is 9.89. The fraction of sp³-hybridized carbons (Fsp3) is 0.267. The van der Waals surface area contributed by atoms with E-state index in [9.17, 15) is 13.9 Å². The molecule has 6 rings (SSSR count). The fourth-order valence-electron chi connectivity index (χ4n) is 4.78. The molecular weight excluding hydrogens is 518 g/mol. The number of benzene rings is 3. The Bertz CT molecular complexity index is 1580. The Morgan fingerprint density at radius 2 is 1.68 bits per heavy atom. The second kappa shape index (κ2) is 11.5. The number of nitrogens with zero attached hydrogens (tertiary/aromatic N) is 4. The van der Waals surface area contributed by atoms with E-state index in [0.29, 0.717) is 47.1 Å². The van der Waals surface area contributed by atoms with Crippen molar-refractivity contribution in [2.75, 3.05) is 39.3 Å². The number of rotatable bonds is 9. The van der Waals surface area contributed by atoms with Gasteiger partial charge in [0.1, 0.15) is 41.3 Å². The first kappa shape index (κ1) is 26.1. The summed E-state index contributed by atoms with van der Waals surface area (Å²) in [5.74, 6) is 1.02. The summed E-state index contributed by atoms with van der Waals surface area (Å²) in [6.45, 7) is 4.56. The number of aromatic nitrogens is 2. The highest BCUT2D eigenvalue weighted by molar-refractivity contribution is 5.77. The molecule has 1 N–H and O–H groups in total. The van der Waals surface area contributed by atoms with E-state index in [1.165, 1.54) is 24.3 Å². The zero-order valence-electron chi connectivity index (χ0n) is 21.7. The quantitative estimate of drug-likeness (QED) is 0.277. The van der Waals surface area contributed by atoms with Crippen LogP contribution in [0.15, 0.2) is 81.7 Å². The molecule has 40 heavy (non-hydrogen) atoms. The maximum atomic E-state index is 13.6. The van der Waals surface area contributed by atoms with Crippen molar-refractivity contribution in [1.82, 2.24) is 19.9 Å². The topological polar surface area (TPSA) is 88.0 Å². The van der Waals surface area contributed by atoms with Gasteiger partial charge < -0.3 is 18.8 Å². The average Bonchev–Trinajstić information content (AvgIpc) is 3.60. The molecule has 1 aliphatic heterocycles. The Labute approximate surface area is 229 Å². The first-order chi connectivity index (χ1) is 19.5. The van der Waals surface area contributed by atoms with Crippen molar-refractivity contribution in [3.8, 4) is 28.5 Å². The Morgan fingerprint density at radius 3 is 2.48 bits per heavy atom. The van der Waals surface area contributed by atoms with Gasteiger partial charge in [0.2, 0.25) is 5.89 Å². The van der Waals surface area contributed by atoms with E-state index in [1.807, 2.05) is 6.07 Å². The molecule has 0 radical (unpaired) electrons. The Hall–Kier alpha value is -4.12. The first-order valence-corrected chi connectivity index (χ1v) is 13.1. The second-order valence-electron chi connectivity index (χ2n) is 9.89. The Kier molecular flexibility index (Phi) is 7.54. The van der Waals surface area contributed by atoms with Gasteiger partial charge in [0, 0.05) is 56.0 Å². The lowest BCUT2D eigenvalue weighted by Crippen LogP contribution is -2.48. The van der Waals surface area contributed by atoms with Gasteiger partial charge in [-0.25, -0.2) is 13.8 Å². The minimum absolute atomic E-state index is 0.143. The number of β-amino-alcohol motifs (C(OH)–C–C–N with tert-alkyl or cyclic N) is 1. The summed E-state index contributed by atoms with van der Waals surface area (Å²) < 4.78 is 43.8. The van der Waals surface area contributed by atoms with E-state index in [2.05, 4.69) is 19.9 Å². The van der Waals surface area contributed by atoms with Gasteiger partial charge >= 0.3 is 0 Å². The molecule has 206 valence electrons. The minimum Gasteiger partial charge on any atom is -0.491 e. The zero-order chi connectivity index (χ0) is 27.5. The van der Waals surface area contributed by atoms with Gasteiger partial charge in [-0.05, 0) is 54.6 Å². The highest BCUT2D eigenvalue weighted by atomic mass is 19.1. The molecular formula is C30H28F2N4O4. The third-order valence-corrected chi connectivity index (χ3v) is 6.89. The van der Waals surface area contributed by atoms with Crippen molar-refractivity contribution in [2.24, 2.45) is 0 Å². The molecule has 0 spiro atoms. The number of halogens is 2. The molecule has 8 nitrogen and oxygen atoms in total. The largest absolute Gasteiger partial charge is 0.491 e. The van der Waals surface area contributed by atoms with Crippen LogP contribution in [-0.2, 0) is 6.54 Å². The average molecular weight is 547 g/mol. The highest BCUT2D eigenvalue weighted by Gasteiger charge is 2.21. The van der Waals surface area contributed by atoms with E-state index in [-0.39, 0.29) is 18.2 Å². The van der Waals surface area contributed by atoms with Gasteiger partial charge in [0.15, 0.2) is 11.3 Å². The molecule has 0 unspecified atom stereocenters. The van der Waals surface area contributed by atoms with Crippen molar-refractivity contribution in [3.63, 3.8) is 0 Å². The molecule has 10 heteroatoms. The maximum absolute atomic E-state index is 13.6. The number of oxazole rings is 1. The minimum atomic E-state index is -0.657. The fourth-order valence-corrected chi connectivity index (χ4v) is 4.78. The van der Waals surface area contributed by atoms with Gasteiger partial charge in [-0.2, -0.15) is 0 Å². The number of piperazine rings is 1. The number of hydrogen-bond donors (Lipinski definition) is 1. The highest BCUT2D eigenvalue weighted by Crippen LogP contribution is 2.27. The van der Waals surface area contributed by atoms with Crippen molar-refractivity contribution in [3.05, 3.63) is 90.2 Å². The molecule has 0 bridgehead atoms. The van der Waals surface area contributed by atoms with E-state index >= 15 is 0 Å².